The van der Waals surface area contributed by atoms with Crippen LogP contribution in [0.4, 0.5) is 4.79 Å². The SMILES string of the molecule is CC(CS(C)=O)N(C)C(=O)C1CCCN(C(=O)NC2CCCC2)C1. The first-order valence-electron chi connectivity index (χ1n) is 9.00. The lowest BCUT2D eigenvalue weighted by Gasteiger charge is -2.36. The van der Waals surface area contributed by atoms with Gasteiger partial charge in [-0.2, -0.15) is 0 Å². The van der Waals surface area contributed by atoms with E-state index in [0.29, 0.717) is 18.3 Å². The summed E-state index contributed by atoms with van der Waals surface area (Å²) in [5, 5.41) is 3.11. The minimum Gasteiger partial charge on any atom is -0.342 e. The Hall–Kier alpha value is -1.11. The van der Waals surface area contributed by atoms with E-state index in [1.54, 1.807) is 23.1 Å². The summed E-state index contributed by atoms with van der Waals surface area (Å²) in [6.45, 7) is 3.14. The predicted octanol–water partition coefficient (Wildman–Crippen LogP) is 1.58. The first-order valence-corrected chi connectivity index (χ1v) is 10.7. The fraction of sp³-hybridized carbons (Fsp3) is 0.882. The number of carbonyl (C=O) groups is 2. The first-order chi connectivity index (χ1) is 11.4. The molecule has 24 heavy (non-hydrogen) atoms. The quantitative estimate of drug-likeness (QED) is 0.812. The van der Waals surface area contributed by atoms with Crippen LogP contribution in [0, 0.1) is 5.92 Å². The molecule has 0 spiro atoms. The molecule has 2 rings (SSSR count). The second-order valence-corrected chi connectivity index (χ2v) is 8.73. The van der Waals surface area contributed by atoms with Gasteiger partial charge >= 0.3 is 6.03 Å². The molecule has 7 heteroatoms. The van der Waals surface area contributed by atoms with Crippen molar-refractivity contribution in [3.8, 4) is 0 Å². The standard InChI is InChI=1S/C17H31N3O3S/c1-13(12-24(3)23)19(2)16(21)14-7-6-10-20(11-14)17(22)18-15-8-4-5-9-15/h13-15H,4-12H2,1-3H3,(H,18,22). The fourth-order valence-electron chi connectivity index (χ4n) is 3.66. The van der Waals surface area contributed by atoms with Crippen LogP contribution in [0.2, 0.25) is 0 Å². The lowest BCUT2D eigenvalue weighted by molar-refractivity contribution is -0.137. The highest BCUT2D eigenvalue weighted by molar-refractivity contribution is 7.84. The van der Waals surface area contributed by atoms with Gasteiger partial charge in [-0.3, -0.25) is 9.00 Å². The highest BCUT2D eigenvalue weighted by Crippen LogP contribution is 2.21. The Morgan fingerprint density at radius 2 is 1.92 bits per heavy atom. The van der Waals surface area contributed by atoms with Crippen molar-refractivity contribution in [1.29, 1.82) is 0 Å². The Bertz CT molecular complexity index is 480. The number of hydrogen-bond donors (Lipinski definition) is 1. The van der Waals surface area contributed by atoms with Crippen LogP contribution in [0.1, 0.15) is 45.4 Å². The summed E-state index contributed by atoms with van der Waals surface area (Å²) >= 11 is 0. The second-order valence-electron chi connectivity index (χ2n) is 7.25. The molecule has 1 saturated heterocycles. The van der Waals surface area contributed by atoms with E-state index in [0.717, 1.165) is 32.2 Å². The Balaban J connectivity index is 1.87. The first kappa shape index (κ1) is 19.2. The van der Waals surface area contributed by atoms with E-state index in [4.69, 9.17) is 0 Å². The van der Waals surface area contributed by atoms with Gasteiger partial charge in [0.05, 0.1) is 5.92 Å². The third-order valence-corrected chi connectivity index (χ3v) is 6.18. The largest absolute Gasteiger partial charge is 0.342 e. The molecule has 0 aromatic carbocycles. The van der Waals surface area contributed by atoms with Crippen LogP contribution < -0.4 is 5.32 Å². The van der Waals surface area contributed by atoms with Crippen LogP contribution in [-0.4, -0.2) is 70.2 Å². The number of carbonyl (C=O) groups excluding carboxylic acids is 2. The summed E-state index contributed by atoms with van der Waals surface area (Å²) < 4.78 is 11.4. The number of hydrogen-bond acceptors (Lipinski definition) is 3. The van der Waals surface area contributed by atoms with E-state index < -0.39 is 10.8 Å². The summed E-state index contributed by atoms with van der Waals surface area (Å²) in [6.07, 6.45) is 7.84. The average molecular weight is 358 g/mol. The normalized spacial score (nSPS) is 24.5. The number of nitrogens with one attached hydrogen (secondary N) is 1. The summed E-state index contributed by atoms with van der Waals surface area (Å²) in [7, 11) is 0.852. The minimum atomic E-state index is -0.924. The van der Waals surface area contributed by atoms with E-state index in [-0.39, 0.29) is 23.9 Å². The molecule has 3 amide bonds. The van der Waals surface area contributed by atoms with E-state index in [1.807, 2.05) is 6.92 Å². The number of urea groups is 1. The van der Waals surface area contributed by atoms with Gasteiger partial charge < -0.3 is 15.1 Å². The van der Waals surface area contributed by atoms with Gasteiger partial charge in [-0.05, 0) is 32.6 Å². The van der Waals surface area contributed by atoms with Crippen molar-refractivity contribution < 1.29 is 13.8 Å². The lowest BCUT2D eigenvalue weighted by atomic mass is 9.96. The van der Waals surface area contributed by atoms with Crippen LogP contribution in [-0.2, 0) is 15.6 Å². The number of rotatable bonds is 5. The molecule has 2 aliphatic rings. The topological polar surface area (TPSA) is 69.7 Å². The van der Waals surface area contributed by atoms with Gasteiger partial charge in [0.15, 0.2) is 0 Å². The molecule has 1 heterocycles. The van der Waals surface area contributed by atoms with Gasteiger partial charge in [-0.1, -0.05) is 12.8 Å². The molecule has 2 fully saturated rings. The Morgan fingerprint density at radius 3 is 2.54 bits per heavy atom. The zero-order valence-corrected chi connectivity index (χ0v) is 15.9. The smallest absolute Gasteiger partial charge is 0.317 e. The van der Waals surface area contributed by atoms with Gasteiger partial charge in [0, 0.05) is 55.0 Å². The van der Waals surface area contributed by atoms with Crippen molar-refractivity contribution in [3.63, 3.8) is 0 Å². The van der Waals surface area contributed by atoms with Crippen LogP contribution in [0.25, 0.3) is 0 Å². The van der Waals surface area contributed by atoms with E-state index >= 15 is 0 Å². The van der Waals surface area contributed by atoms with Crippen molar-refractivity contribution in [2.75, 3.05) is 32.1 Å². The summed E-state index contributed by atoms with van der Waals surface area (Å²) in [6, 6.07) is 0.228. The Morgan fingerprint density at radius 1 is 1.25 bits per heavy atom. The van der Waals surface area contributed by atoms with E-state index in [9.17, 15) is 13.8 Å². The van der Waals surface area contributed by atoms with Crippen molar-refractivity contribution in [1.82, 2.24) is 15.1 Å². The summed E-state index contributed by atoms with van der Waals surface area (Å²) in [5.74, 6) is 0.401. The molecule has 0 radical (unpaired) electrons. The molecule has 0 aromatic rings. The van der Waals surface area contributed by atoms with E-state index in [2.05, 4.69) is 5.32 Å². The van der Waals surface area contributed by atoms with Crippen LogP contribution >= 0.6 is 0 Å². The Kier molecular flexibility index (Phi) is 7.07. The summed E-state index contributed by atoms with van der Waals surface area (Å²) in [5.41, 5.74) is 0. The van der Waals surface area contributed by atoms with Gasteiger partial charge in [0.25, 0.3) is 0 Å². The predicted molar refractivity (Wildman–Crippen MR) is 96.3 cm³/mol. The highest BCUT2D eigenvalue weighted by Gasteiger charge is 2.32. The third-order valence-electron chi connectivity index (χ3n) is 5.23. The highest BCUT2D eigenvalue weighted by atomic mass is 32.2. The van der Waals surface area contributed by atoms with Gasteiger partial charge in [0.1, 0.15) is 0 Å². The molecule has 1 aliphatic heterocycles. The monoisotopic (exact) mass is 357 g/mol. The lowest BCUT2D eigenvalue weighted by Crippen LogP contribution is -2.52. The summed E-state index contributed by atoms with van der Waals surface area (Å²) in [4.78, 5) is 28.6. The molecular formula is C17H31N3O3S. The minimum absolute atomic E-state index is 0.0234. The molecule has 0 aromatic heterocycles. The molecule has 1 saturated carbocycles. The number of likely N-dealkylation sites (tertiary alicyclic amines) is 1. The number of piperidine rings is 1. The maximum absolute atomic E-state index is 12.7. The Labute approximate surface area is 147 Å². The maximum Gasteiger partial charge on any atom is 0.317 e. The van der Waals surface area contributed by atoms with E-state index in [1.165, 1.54) is 12.8 Å². The second kappa shape index (κ2) is 8.83. The molecule has 1 aliphatic carbocycles. The molecule has 138 valence electrons. The molecule has 3 atom stereocenters. The molecule has 3 unspecified atom stereocenters. The molecular weight excluding hydrogens is 326 g/mol. The van der Waals surface area contributed by atoms with Crippen molar-refractivity contribution in [2.24, 2.45) is 5.92 Å². The molecule has 0 bridgehead atoms. The zero-order chi connectivity index (χ0) is 17.7. The average Bonchev–Trinajstić information content (AvgIpc) is 3.05. The van der Waals surface area contributed by atoms with Crippen molar-refractivity contribution in [3.05, 3.63) is 0 Å². The van der Waals surface area contributed by atoms with Crippen LogP contribution in [0.15, 0.2) is 0 Å². The number of nitrogens with zero attached hydrogens (tertiary/aromatic N) is 2. The maximum atomic E-state index is 12.7. The third kappa shape index (κ3) is 5.19. The fourth-order valence-corrected chi connectivity index (χ4v) is 4.56. The van der Waals surface area contributed by atoms with Gasteiger partial charge in [0.2, 0.25) is 5.91 Å². The molecule has 1 N–H and O–H groups in total. The zero-order valence-electron chi connectivity index (χ0n) is 15.1. The van der Waals surface area contributed by atoms with Crippen LogP contribution in [0.5, 0.6) is 0 Å². The van der Waals surface area contributed by atoms with Crippen LogP contribution in [0.3, 0.4) is 0 Å². The van der Waals surface area contributed by atoms with Crippen molar-refractivity contribution >= 4 is 22.7 Å². The number of amides is 3. The van der Waals surface area contributed by atoms with Gasteiger partial charge in [-0.15, -0.1) is 0 Å². The van der Waals surface area contributed by atoms with Gasteiger partial charge in [-0.25, -0.2) is 4.79 Å². The van der Waals surface area contributed by atoms with Crippen molar-refractivity contribution in [2.45, 2.75) is 57.5 Å². The molecule has 6 nitrogen and oxygen atoms in total.